The summed E-state index contributed by atoms with van der Waals surface area (Å²) in [4.78, 5) is 0. The Labute approximate surface area is 138 Å². The molecule has 0 saturated heterocycles. The second-order valence-electron chi connectivity index (χ2n) is 4.59. The molecule has 0 aromatic heterocycles. The monoisotopic (exact) mass is 404 g/mol. The SMILES string of the molecule is C=CC[C@@H]1Cc2c(Br)ccc(Br)c2[C@@H](CC=C)N1.[Cl-]. The van der Waals surface area contributed by atoms with Crippen LogP contribution in [0.25, 0.3) is 0 Å². The molecule has 0 radical (unpaired) electrons. The zero-order valence-corrected chi connectivity index (χ0v) is 14.6. The molecule has 1 aliphatic rings. The van der Waals surface area contributed by atoms with E-state index in [9.17, 15) is 0 Å². The number of hydrogen-bond acceptors (Lipinski definition) is 1. The molecule has 2 rings (SSSR count). The van der Waals surface area contributed by atoms with E-state index in [0.29, 0.717) is 12.1 Å². The smallest absolute Gasteiger partial charge is 0.0371 e. The van der Waals surface area contributed by atoms with Crippen molar-refractivity contribution >= 4 is 31.9 Å². The minimum atomic E-state index is 0. The van der Waals surface area contributed by atoms with Crippen LogP contribution in [0.5, 0.6) is 0 Å². The summed E-state index contributed by atoms with van der Waals surface area (Å²) in [6, 6.07) is 5.02. The van der Waals surface area contributed by atoms with Crippen LogP contribution >= 0.6 is 31.9 Å². The normalized spacial score (nSPS) is 21.2. The van der Waals surface area contributed by atoms with Crippen molar-refractivity contribution in [2.75, 3.05) is 0 Å². The molecule has 4 heteroatoms. The molecule has 1 aliphatic heterocycles. The van der Waals surface area contributed by atoms with E-state index in [1.807, 2.05) is 12.2 Å². The summed E-state index contributed by atoms with van der Waals surface area (Å²) < 4.78 is 2.38. The zero-order valence-electron chi connectivity index (χ0n) is 10.6. The van der Waals surface area contributed by atoms with Gasteiger partial charge in [-0.15, -0.1) is 13.2 Å². The highest BCUT2D eigenvalue weighted by Crippen LogP contribution is 2.38. The molecule has 0 spiro atoms. The summed E-state index contributed by atoms with van der Waals surface area (Å²) >= 11 is 7.34. The standard InChI is InChI=1S/C15H17Br2N.ClH/c1-3-5-10-9-11-12(16)7-8-13(17)15(11)14(18-10)6-4-2;/h3-4,7-8,10,14,18H,1-2,5-6,9H2;1H/p-1/t10-,14-;/m1./s1. The van der Waals surface area contributed by atoms with Gasteiger partial charge in [-0.1, -0.05) is 44.0 Å². The minimum absolute atomic E-state index is 0. The average Bonchev–Trinajstić information content (AvgIpc) is 2.34. The first-order valence-corrected chi connectivity index (χ1v) is 7.70. The molecule has 0 saturated carbocycles. The maximum atomic E-state index is 3.86. The molecule has 104 valence electrons. The fourth-order valence-corrected chi connectivity index (χ4v) is 3.73. The molecular formula is C15H17Br2ClN-. The number of fused-ring (bicyclic) bond motifs is 1. The van der Waals surface area contributed by atoms with Crippen molar-refractivity contribution in [2.24, 2.45) is 0 Å². The van der Waals surface area contributed by atoms with Gasteiger partial charge in [-0.05, 0) is 42.5 Å². The van der Waals surface area contributed by atoms with E-state index in [1.165, 1.54) is 20.1 Å². The Morgan fingerprint density at radius 3 is 2.42 bits per heavy atom. The van der Waals surface area contributed by atoms with Gasteiger partial charge in [0.15, 0.2) is 0 Å². The van der Waals surface area contributed by atoms with Gasteiger partial charge in [0.2, 0.25) is 0 Å². The van der Waals surface area contributed by atoms with Crippen LogP contribution in [0.15, 0.2) is 46.4 Å². The number of nitrogens with one attached hydrogen (secondary N) is 1. The van der Waals surface area contributed by atoms with Crippen LogP contribution < -0.4 is 17.7 Å². The van der Waals surface area contributed by atoms with Gasteiger partial charge in [-0.3, -0.25) is 0 Å². The van der Waals surface area contributed by atoms with Gasteiger partial charge in [0, 0.05) is 21.0 Å². The fraction of sp³-hybridized carbons (Fsp3) is 0.333. The van der Waals surface area contributed by atoms with Gasteiger partial charge in [0.25, 0.3) is 0 Å². The first-order chi connectivity index (χ1) is 8.67. The number of halogens is 3. The minimum Gasteiger partial charge on any atom is -1.00 e. The molecule has 0 unspecified atom stereocenters. The Morgan fingerprint density at radius 2 is 1.79 bits per heavy atom. The Kier molecular flexibility index (Phi) is 6.81. The Bertz CT molecular complexity index is 473. The van der Waals surface area contributed by atoms with Crippen LogP contribution in [-0.4, -0.2) is 6.04 Å². The second-order valence-corrected chi connectivity index (χ2v) is 6.30. The van der Waals surface area contributed by atoms with Crippen molar-refractivity contribution in [3.8, 4) is 0 Å². The lowest BCUT2D eigenvalue weighted by Crippen LogP contribution is -3.00. The van der Waals surface area contributed by atoms with Crippen molar-refractivity contribution in [1.29, 1.82) is 0 Å². The van der Waals surface area contributed by atoms with Crippen molar-refractivity contribution in [2.45, 2.75) is 31.3 Å². The van der Waals surface area contributed by atoms with Crippen molar-refractivity contribution in [3.63, 3.8) is 0 Å². The van der Waals surface area contributed by atoms with Gasteiger partial charge >= 0.3 is 0 Å². The van der Waals surface area contributed by atoms with Gasteiger partial charge in [-0.2, -0.15) is 0 Å². The third-order valence-corrected chi connectivity index (χ3v) is 4.77. The van der Waals surface area contributed by atoms with E-state index < -0.39 is 0 Å². The highest BCUT2D eigenvalue weighted by Gasteiger charge is 2.27. The van der Waals surface area contributed by atoms with Gasteiger partial charge in [-0.25, -0.2) is 0 Å². The molecule has 1 aromatic carbocycles. The zero-order chi connectivity index (χ0) is 13.1. The highest BCUT2D eigenvalue weighted by molar-refractivity contribution is 9.11. The van der Waals surface area contributed by atoms with E-state index >= 15 is 0 Å². The molecule has 1 nitrogen and oxygen atoms in total. The molecule has 19 heavy (non-hydrogen) atoms. The van der Waals surface area contributed by atoms with E-state index in [4.69, 9.17) is 0 Å². The third-order valence-electron chi connectivity index (χ3n) is 3.34. The van der Waals surface area contributed by atoms with Crippen molar-refractivity contribution < 1.29 is 12.4 Å². The molecule has 1 aromatic rings. The van der Waals surface area contributed by atoms with Crippen molar-refractivity contribution in [1.82, 2.24) is 5.32 Å². The Balaban J connectivity index is 0.00000180. The summed E-state index contributed by atoms with van der Waals surface area (Å²) in [6.45, 7) is 7.70. The maximum Gasteiger partial charge on any atom is 0.0371 e. The quantitative estimate of drug-likeness (QED) is 0.754. The molecule has 0 aliphatic carbocycles. The van der Waals surface area contributed by atoms with Gasteiger partial charge in [0.05, 0.1) is 0 Å². The second kappa shape index (κ2) is 7.63. The van der Waals surface area contributed by atoms with E-state index in [-0.39, 0.29) is 12.4 Å². The summed E-state index contributed by atoms with van der Waals surface area (Å²) in [6.07, 6.45) is 6.93. The van der Waals surface area contributed by atoms with Gasteiger partial charge < -0.3 is 17.7 Å². The summed E-state index contributed by atoms with van der Waals surface area (Å²) in [7, 11) is 0. The van der Waals surface area contributed by atoms with Crippen LogP contribution in [0.2, 0.25) is 0 Å². The van der Waals surface area contributed by atoms with Crippen LogP contribution in [0, 0.1) is 0 Å². The lowest BCUT2D eigenvalue weighted by molar-refractivity contribution is -0.00000360. The molecular weight excluding hydrogens is 389 g/mol. The van der Waals surface area contributed by atoms with Crippen LogP contribution in [0.3, 0.4) is 0 Å². The summed E-state index contributed by atoms with van der Waals surface area (Å²) in [5.41, 5.74) is 2.77. The molecule has 1 N–H and O–H groups in total. The fourth-order valence-electron chi connectivity index (χ4n) is 2.57. The average molecular weight is 407 g/mol. The van der Waals surface area contributed by atoms with Crippen LogP contribution in [0.4, 0.5) is 0 Å². The number of hydrogen-bond donors (Lipinski definition) is 1. The first-order valence-electron chi connectivity index (χ1n) is 6.12. The lowest BCUT2D eigenvalue weighted by Gasteiger charge is -2.34. The first kappa shape index (κ1) is 17.0. The largest absolute Gasteiger partial charge is 1.00 e. The molecule has 0 bridgehead atoms. The Hall–Kier alpha value is -0.0900. The van der Waals surface area contributed by atoms with Gasteiger partial charge in [0.1, 0.15) is 0 Å². The van der Waals surface area contributed by atoms with E-state index in [1.54, 1.807) is 0 Å². The van der Waals surface area contributed by atoms with Crippen LogP contribution in [-0.2, 0) is 6.42 Å². The highest BCUT2D eigenvalue weighted by atomic mass is 79.9. The summed E-state index contributed by atoms with van der Waals surface area (Å²) in [5, 5.41) is 3.69. The van der Waals surface area contributed by atoms with E-state index in [0.717, 1.165) is 19.3 Å². The molecule has 0 amide bonds. The molecule has 2 atom stereocenters. The van der Waals surface area contributed by atoms with E-state index in [2.05, 4.69) is 62.5 Å². The summed E-state index contributed by atoms with van der Waals surface area (Å²) in [5.74, 6) is 0. The topological polar surface area (TPSA) is 12.0 Å². The van der Waals surface area contributed by atoms with Crippen LogP contribution in [0.1, 0.15) is 30.0 Å². The number of rotatable bonds is 4. The Morgan fingerprint density at radius 1 is 1.16 bits per heavy atom. The molecule has 0 fully saturated rings. The molecule has 1 heterocycles. The van der Waals surface area contributed by atoms with Crippen molar-refractivity contribution in [3.05, 3.63) is 57.5 Å². The third kappa shape index (κ3) is 3.72. The maximum absolute atomic E-state index is 3.86. The predicted molar refractivity (Wildman–Crippen MR) is 84.8 cm³/mol. The lowest BCUT2D eigenvalue weighted by atomic mass is 9.87. The number of benzene rings is 1. The predicted octanol–water partition coefficient (Wildman–Crippen LogP) is 1.92.